The van der Waals surface area contributed by atoms with Gasteiger partial charge in [0.25, 0.3) is 0 Å². The van der Waals surface area contributed by atoms with Crippen LogP contribution < -0.4 is 5.32 Å². The Morgan fingerprint density at radius 1 is 1.15 bits per heavy atom. The zero-order valence-electron chi connectivity index (χ0n) is 13.6. The van der Waals surface area contributed by atoms with E-state index in [1.54, 1.807) is 0 Å². The molecular weight excluding hydrogens is 246 g/mol. The van der Waals surface area contributed by atoms with Crippen LogP contribution in [0.4, 0.5) is 0 Å². The molecule has 20 heavy (non-hydrogen) atoms. The highest BCUT2D eigenvalue weighted by atomic mass is 15.2. The van der Waals surface area contributed by atoms with Gasteiger partial charge < -0.3 is 5.32 Å². The van der Waals surface area contributed by atoms with Gasteiger partial charge in [-0.2, -0.15) is 0 Å². The number of nitrogens with one attached hydrogen (secondary N) is 1. The standard InChI is InChI=1S/C17H29N3/c1-13-10-20(11-14(13)2)12-16-8-6-7-15(19-16)9-18-17(3,4)5/h6-8,13-14,18H,9-12H2,1-5H3. The van der Waals surface area contributed by atoms with E-state index in [0.29, 0.717) is 0 Å². The highest BCUT2D eigenvalue weighted by molar-refractivity contribution is 5.11. The number of rotatable bonds is 4. The van der Waals surface area contributed by atoms with Crippen LogP contribution in [-0.2, 0) is 13.1 Å². The molecule has 1 aromatic rings. The lowest BCUT2D eigenvalue weighted by molar-refractivity contribution is 0.311. The molecule has 1 fully saturated rings. The Hall–Kier alpha value is -0.930. The van der Waals surface area contributed by atoms with Gasteiger partial charge in [-0.15, -0.1) is 0 Å². The summed E-state index contributed by atoms with van der Waals surface area (Å²) in [7, 11) is 0. The van der Waals surface area contributed by atoms with Crippen LogP contribution in [0.2, 0.25) is 0 Å². The fraction of sp³-hybridized carbons (Fsp3) is 0.706. The molecule has 1 aliphatic rings. The number of likely N-dealkylation sites (tertiary alicyclic amines) is 1. The van der Waals surface area contributed by atoms with Crippen LogP contribution in [0, 0.1) is 11.8 Å². The van der Waals surface area contributed by atoms with Gasteiger partial charge in [-0.05, 0) is 44.7 Å². The second kappa shape index (κ2) is 6.23. The normalized spacial score (nSPS) is 24.2. The summed E-state index contributed by atoms with van der Waals surface area (Å²) in [6.07, 6.45) is 0. The van der Waals surface area contributed by atoms with E-state index in [4.69, 9.17) is 4.98 Å². The number of nitrogens with zero attached hydrogens (tertiary/aromatic N) is 2. The molecule has 0 saturated carbocycles. The van der Waals surface area contributed by atoms with Crippen molar-refractivity contribution in [1.82, 2.24) is 15.2 Å². The van der Waals surface area contributed by atoms with E-state index in [1.807, 2.05) is 0 Å². The molecule has 0 bridgehead atoms. The summed E-state index contributed by atoms with van der Waals surface area (Å²) >= 11 is 0. The van der Waals surface area contributed by atoms with Gasteiger partial charge in [0, 0.05) is 31.7 Å². The molecule has 2 unspecified atom stereocenters. The van der Waals surface area contributed by atoms with Crippen LogP contribution in [0.15, 0.2) is 18.2 Å². The number of hydrogen-bond acceptors (Lipinski definition) is 3. The summed E-state index contributed by atoms with van der Waals surface area (Å²) in [6.45, 7) is 15.5. The van der Waals surface area contributed by atoms with E-state index in [-0.39, 0.29) is 5.54 Å². The molecule has 0 aromatic carbocycles. The third-order valence-electron chi connectivity index (χ3n) is 4.11. The van der Waals surface area contributed by atoms with Crippen molar-refractivity contribution in [3.8, 4) is 0 Å². The first-order valence-electron chi connectivity index (χ1n) is 7.76. The maximum atomic E-state index is 4.79. The van der Waals surface area contributed by atoms with Gasteiger partial charge in [-0.3, -0.25) is 9.88 Å². The van der Waals surface area contributed by atoms with Crippen molar-refractivity contribution >= 4 is 0 Å². The quantitative estimate of drug-likeness (QED) is 0.915. The highest BCUT2D eigenvalue weighted by Gasteiger charge is 2.25. The van der Waals surface area contributed by atoms with Crippen molar-refractivity contribution in [2.24, 2.45) is 11.8 Å². The topological polar surface area (TPSA) is 28.2 Å². The highest BCUT2D eigenvalue weighted by Crippen LogP contribution is 2.23. The van der Waals surface area contributed by atoms with Gasteiger partial charge in [0.1, 0.15) is 0 Å². The fourth-order valence-corrected chi connectivity index (χ4v) is 2.68. The Morgan fingerprint density at radius 2 is 1.75 bits per heavy atom. The van der Waals surface area contributed by atoms with Gasteiger partial charge >= 0.3 is 0 Å². The molecule has 112 valence electrons. The third kappa shape index (κ3) is 4.57. The molecule has 1 aliphatic heterocycles. The lowest BCUT2D eigenvalue weighted by Crippen LogP contribution is -2.35. The molecule has 1 N–H and O–H groups in total. The van der Waals surface area contributed by atoms with Crippen LogP contribution in [-0.4, -0.2) is 28.5 Å². The average Bonchev–Trinajstić information content (AvgIpc) is 2.65. The molecule has 3 nitrogen and oxygen atoms in total. The van der Waals surface area contributed by atoms with Crippen molar-refractivity contribution in [3.05, 3.63) is 29.6 Å². The number of pyridine rings is 1. The summed E-state index contributed by atoms with van der Waals surface area (Å²) < 4.78 is 0. The van der Waals surface area contributed by atoms with E-state index in [9.17, 15) is 0 Å². The Morgan fingerprint density at radius 3 is 2.35 bits per heavy atom. The van der Waals surface area contributed by atoms with E-state index in [2.05, 4.69) is 63.0 Å². The summed E-state index contributed by atoms with van der Waals surface area (Å²) in [5.74, 6) is 1.61. The van der Waals surface area contributed by atoms with Crippen molar-refractivity contribution in [2.45, 2.75) is 53.2 Å². The van der Waals surface area contributed by atoms with Crippen molar-refractivity contribution in [3.63, 3.8) is 0 Å². The second-order valence-corrected chi connectivity index (χ2v) is 7.37. The molecule has 3 heteroatoms. The first-order valence-corrected chi connectivity index (χ1v) is 7.76. The zero-order valence-corrected chi connectivity index (χ0v) is 13.6. The van der Waals surface area contributed by atoms with E-state index in [0.717, 1.165) is 30.6 Å². The van der Waals surface area contributed by atoms with E-state index < -0.39 is 0 Å². The molecule has 0 spiro atoms. The lowest BCUT2D eigenvalue weighted by Gasteiger charge is -2.20. The van der Waals surface area contributed by atoms with Crippen molar-refractivity contribution < 1.29 is 0 Å². The molecule has 0 radical (unpaired) electrons. The zero-order chi connectivity index (χ0) is 14.8. The Kier molecular flexibility index (Phi) is 4.82. The number of aromatic nitrogens is 1. The minimum absolute atomic E-state index is 0.136. The largest absolute Gasteiger partial charge is 0.306 e. The van der Waals surface area contributed by atoms with Gasteiger partial charge in [-0.1, -0.05) is 19.9 Å². The Labute approximate surface area is 123 Å². The summed E-state index contributed by atoms with van der Waals surface area (Å²) in [5, 5.41) is 3.50. The predicted octanol–water partition coefficient (Wildman–Crippen LogP) is 3.06. The fourth-order valence-electron chi connectivity index (χ4n) is 2.68. The summed E-state index contributed by atoms with van der Waals surface area (Å²) in [5.41, 5.74) is 2.47. The maximum absolute atomic E-state index is 4.79. The van der Waals surface area contributed by atoms with Crippen molar-refractivity contribution in [2.75, 3.05) is 13.1 Å². The van der Waals surface area contributed by atoms with Crippen LogP contribution >= 0.6 is 0 Å². The Balaban J connectivity index is 1.93. The SMILES string of the molecule is CC1CN(Cc2cccc(CNC(C)(C)C)n2)CC1C. The van der Waals surface area contributed by atoms with E-state index in [1.165, 1.54) is 18.8 Å². The molecule has 2 heterocycles. The average molecular weight is 275 g/mol. The molecule has 1 aromatic heterocycles. The second-order valence-electron chi connectivity index (χ2n) is 7.37. The summed E-state index contributed by atoms with van der Waals surface area (Å²) in [6, 6.07) is 6.39. The minimum atomic E-state index is 0.136. The Bertz CT molecular complexity index is 426. The van der Waals surface area contributed by atoms with Gasteiger partial charge in [0.2, 0.25) is 0 Å². The molecule has 2 atom stereocenters. The lowest BCUT2D eigenvalue weighted by atomic mass is 10.0. The smallest absolute Gasteiger partial charge is 0.0547 e. The first-order chi connectivity index (χ1) is 9.33. The first kappa shape index (κ1) is 15.5. The maximum Gasteiger partial charge on any atom is 0.0547 e. The van der Waals surface area contributed by atoms with Gasteiger partial charge in [-0.25, -0.2) is 0 Å². The van der Waals surface area contributed by atoms with E-state index >= 15 is 0 Å². The molecule has 0 aliphatic carbocycles. The molecule has 2 rings (SSSR count). The minimum Gasteiger partial charge on any atom is -0.306 e. The molecular formula is C17H29N3. The number of hydrogen-bond donors (Lipinski definition) is 1. The van der Waals surface area contributed by atoms with Crippen LogP contribution in [0.3, 0.4) is 0 Å². The van der Waals surface area contributed by atoms with Crippen LogP contribution in [0.1, 0.15) is 46.0 Å². The summed E-state index contributed by atoms with van der Waals surface area (Å²) in [4.78, 5) is 7.31. The third-order valence-corrected chi connectivity index (χ3v) is 4.11. The predicted molar refractivity (Wildman–Crippen MR) is 84.4 cm³/mol. The van der Waals surface area contributed by atoms with Crippen LogP contribution in [0.5, 0.6) is 0 Å². The molecule has 1 saturated heterocycles. The van der Waals surface area contributed by atoms with Crippen molar-refractivity contribution in [1.29, 1.82) is 0 Å². The molecule has 0 amide bonds. The van der Waals surface area contributed by atoms with Crippen LogP contribution in [0.25, 0.3) is 0 Å². The monoisotopic (exact) mass is 275 g/mol. The van der Waals surface area contributed by atoms with Gasteiger partial charge in [0.15, 0.2) is 0 Å². The van der Waals surface area contributed by atoms with Gasteiger partial charge in [0.05, 0.1) is 11.4 Å².